The Bertz CT molecular complexity index is 649. The van der Waals surface area contributed by atoms with Crippen molar-refractivity contribution in [3.05, 3.63) is 28.2 Å². The molecule has 1 aromatic carbocycles. The molecule has 0 spiro atoms. The Hall–Kier alpha value is -0.910. The Morgan fingerprint density at radius 2 is 1.90 bits per heavy atom. The molecule has 0 bridgehead atoms. The van der Waals surface area contributed by atoms with Crippen LogP contribution >= 0.6 is 23.2 Å². The average Bonchev–Trinajstić information content (AvgIpc) is 2.42. The summed E-state index contributed by atoms with van der Waals surface area (Å²) in [6.45, 7) is 0.585. The summed E-state index contributed by atoms with van der Waals surface area (Å²) in [4.78, 5) is 13.8. The molecule has 0 aliphatic carbocycles. The van der Waals surface area contributed by atoms with E-state index in [1.165, 1.54) is 28.6 Å². The number of isocyanates is 1. The Kier molecular flexibility index (Phi) is 4.83. The summed E-state index contributed by atoms with van der Waals surface area (Å²) in [6.07, 6.45) is 2.49. The molecule has 1 heterocycles. The lowest BCUT2D eigenvalue weighted by atomic mass is 10.1. The van der Waals surface area contributed by atoms with Gasteiger partial charge in [-0.1, -0.05) is 23.2 Å². The summed E-state index contributed by atoms with van der Waals surface area (Å²) in [6, 6.07) is 4.18. The molecule has 0 amide bonds. The average molecular weight is 335 g/mol. The van der Waals surface area contributed by atoms with Gasteiger partial charge >= 0.3 is 0 Å². The van der Waals surface area contributed by atoms with Crippen LogP contribution in [0.1, 0.15) is 12.8 Å². The van der Waals surface area contributed by atoms with Gasteiger partial charge in [-0.25, -0.2) is 18.2 Å². The van der Waals surface area contributed by atoms with Gasteiger partial charge in [-0.15, -0.1) is 0 Å². The predicted molar refractivity (Wildman–Crippen MR) is 76.4 cm³/mol. The summed E-state index contributed by atoms with van der Waals surface area (Å²) in [7, 11) is -3.68. The van der Waals surface area contributed by atoms with E-state index in [1.807, 2.05) is 0 Å². The highest BCUT2D eigenvalue weighted by atomic mass is 35.5. The number of hydrogen-bond acceptors (Lipinski definition) is 4. The van der Waals surface area contributed by atoms with E-state index in [2.05, 4.69) is 4.99 Å². The van der Waals surface area contributed by atoms with Crippen molar-refractivity contribution in [3.63, 3.8) is 0 Å². The van der Waals surface area contributed by atoms with Crippen molar-refractivity contribution < 1.29 is 13.2 Å². The SMILES string of the molecule is O=C=NC1CCN(S(=O)(=O)c2cc(Cl)ccc2Cl)CC1. The van der Waals surface area contributed by atoms with E-state index in [0.29, 0.717) is 31.0 Å². The lowest BCUT2D eigenvalue weighted by Gasteiger charge is -2.29. The number of piperidine rings is 1. The minimum atomic E-state index is -3.68. The zero-order valence-electron chi connectivity index (χ0n) is 10.4. The van der Waals surface area contributed by atoms with Crippen molar-refractivity contribution in [2.24, 2.45) is 4.99 Å². The third-order valence-electron chi connectivity index (χ3n) is 3.17. The number of rotatable bonds is 3. The van der Waals surface area contributed by atoms with E-state index in [-0.39, 0.29) is 16.0 Å². The quantitative estimate of drug-likeness (QED) is 0.630. The van der Waals surface area contributed by atoms with E-state index in [1.54, 1.807) is 0 Å². The molecule has 0 aromatic heterocycles. The number of aliphatic imine (C=N–C) groups is 1. The molecule has 20 heavy (non-hydrogen) atoms. The van der Waals surface area contributed by atoms with E-state index in [0.717, 1.165) is 0 Å². The van der Waals surface area contributed by atoms with Gasteiger partial charge in [-0.05, 0) is 31.0 Å². The number of halogens is 2. The number of hydrogen-bond donors (Lipinski definition) is 0. The molecule has 0 N–H and O–H groups in total. The first-order chi connectivity index (χ1) is 9.45. The van der Waals surface area contributed by atoms with Crippen LogP contribution in [-0.2, 0) is 14.8 Å². The monoisotopic (exact) mass is 334 g/mol. The first-order valence-electron chi connectivity index (χ1n) is 5.97. The number of benzene rings is 1. The number of sulfonamides is 1. The minimum Gasteiger partial charge on any atom is -0.211 e. The molecule has 0 atom stereocenters. The standard InChI is InChI=1S/C12H12Cl2N2O3S/c13-9-1-2-11(14)12(7-9)20(18,19)16-5-3-10(4-6-16)15-8-17/h1-2,7,10H,3-6H2. The maximum Gasteiger partial charge on any atom is 0.244 e. The van der Waals surface area contributed by atoms with Gasteiger partial charge in [0, 0.05) is 18.1 Å². The van der Waals surface area contributed by atoms with E-state index in [9.17, 15) is 13.2 Å². The predicted octanol–water partition coefficient (Wildman–Crippen LogP) is 2.48. The van der Waals surface area contributed by atoms with Crippen LogP contribution < -0.4 is 0 Å². The highest BCUT2D eigenvalue weighted by Gasteiger charge is 2.30. The molecule has 8 heteroatoms. The summed E-state index contributed by atoms with van der Waals surface area (Å²) >= 11 is 11.8. The maximum atomic E-state index is 12.5. The van der Waals surface area contributed by atoms with E-state index in [4.69, 9.17) is 23.2 Å². The highest BCUT2D eigenvalue weighted by Crippen LogP contribution is 2.29. The van der Waals surface area contributed by atoms with Crippen LogP contribution in [0, 0.1) is 0 Å². The molecule has 0 saturated carbocycles. The third-order valence-corrected chi connectivity index (χ3v) is 5.79. The van der Waals surface area contributed by atoms with Gasteiger partial charge in [0.05, 0.1) is 11.1 Å². The fourth-order valence-electron chi connectivity index (χ4n) is 2.10. The molecule has 1 aliphatic heterocycles. The van der Waals surface area contributed by atoms with Gasteiger partial charge in [-0.2, -0.15) is 4.31 Å². The normalized spacial score (nSPS) is 17.7. The first kappa shape index (κ1) is 15.5. The van der Waals surface area contributed by atoms with E-state index < -0.39 is 10.0 Å². The summed E-state index contributed by atoms with van der Waals surface area (Å²) in [5.41, 5.74) is 0. The molecule has 0 unspecified atom stereocenters. The largest absolute Gasteiger partial charge is 0.244 e. The smallest absolute Gasteiger partial charge is 0.211 e. The van der Waals surface area contributed by atoms with Gasteiger partial charge in [-0.3, -0.25) is 0 Å². The van der Waals surface area contributed by atoms with Crippen molar-refractivity contribution in [1.29, 1.82) is 0 Å². The van der Waals surface area contributed by atoms with Gasteiger partial charge < -0.3 is 0 Å². The Balaban J connectivity index is 2.24. The summed E-state index contributed by atoms with van der Waals surface area (Å²) in [5, 5.41) is 0.454. The maximum absolute atomic E-state index is 12.5. The van der Waals surface area contributed by atoms with Gasteiger partial charge in [0.1, 0.15) is 4.90 Å². The molecule has 5 nitrogen and oxygen atoms in total. The van der Waals surface area contributed by atoms with Crippen molar-refractivity contribution in [1.82, 2.24) is 4.31 Å². The van der Waals surface area contributed by atoms with Crippen LogP contribution in [0.5, 0.6) is 0 Å². The Morgan fingerprint density at radius 3 is 2.50 bits per heavy atom. The summed E-state index contributed by atoms with van der Waals surface area (Å²) in [5.74, 6) is 0. The van der Waals surface area contributed by atoms with Crippen LogP contribution in [-0.4, -0.2) is 37.9 Å². The first-order valence-corrected chi connectivity index (χ1v) is 8.17. The van der Waals surface area contributed by atoms with Crippen LogP contribution in [0.3, 0.4) is 0 Å². The number of nitrogens with zero attached hydrogens (tertiary/aromatic N) is 2. The molecule has 0 radical (unpaired) electrons. The molecule has 2 rings (SSSR count). The van der Waals surface area contributed by atoms with Gasteiger partial charge in [0.2, 0.25) is 16.1 Å². The lowest BCUT2D eigenvalue weighted by molar-refractivity contribution is 0.320. The van der Waals surface area contributed by atoms with Crippen LogP contribution in [0.15, 0.2) is 28.1 Å². The molecule has 1 fully saturated rings. The molecule has 1 aromatic rings. The fraction of sp³-hybridized carbons (Fsp3) is 0.417. The lowest BCUT2D eigenvalue weighted by Crippen LogP contribution is -2.39. The highest BCUT2D eigenvalue weighted by molar-refractivity contribution is 7.89. The topological polar surface area (TPSA) is 66.8 Å². The Morgan fingerprint density at radius 1 is 1.25 bits per heavy atom. The molecular formula is C12H12Cl2N2O3S. The second-order valence-electron chi connectivity index (χ2n) is 4.43. The van der Waals surface area contributed by atoms with E-state index >= 15 is 0 Å². The van der Waals surface area contributed by atoms with Crippen molar-refractivity contribution in [2.45, 2.75) is 23.8 Å². The molecule has 1 saturated heterocycles. The third kappa shape index (κ3) is 3.22. The van der Waals surface area contributed by atoms with Crippen molar-refractivity contribution in [2.75, 3.05) is 13.1 Å². The molecule has 1 aliphatic rings. The molecule has 108 valence electrons. The Labute approximate surface area is 127 Å². The van der Waals surface area contributed by atoms with Crippen LogP contribution in [0.4, 0.5) is 0 Å². The molecular weight excluding hydrogens is 323 g/mol. The zero-order valence-corrected chi connectivity index (χ0v) is 12.7. The van der Waals surface area contributed by atoms with Crippen LogP contribution in [0.2, 0.25) is 10.0 Å². The van der Waals surface area contributed by atoms with Gasteiger partial charge in [0.15, 0.2) is 0 Å². The second-order valence-corrected chi connectivity index (χ2v) is 7.18. The van der Waals surface area contributed by atoms with Crippen LogP contribution in [0.25, 0.3) is 0 Å². The summed E-state index contributed by atoms with van der Waals surface area (Å²) < 4.78 is 26.3. The fourth-order valence-corrected chi connectivity index (χ4v) is 4.31. The zero-order chi connectivity index (χ0) is 14.8. The second kappa shape index (κ2) is 6.24. The van der Waals surface area contributed by atoms with Crippen molar-refractivity contribution >= 4 is 39.3 Å². The minimum absolute atomic E-state index is 0.00371. The van der Waals surface area contributed by atoms with Gasteiger partial charge in [0.25, 0.3) is 0 Å². The van der Waals surface area contributed by atoms with Crippen molar-refractivity contribution in [3.8, 4) is 0 Å². The number of carbonyl (C=O) groups excluding carboxylic acids is 1.